The molecule has 0 radical (unpaired) electrons. The number of nitrogens with zero attached hydrogens (tertiary/aromatic N) is 4. The molecule has 0 aliphatic rings. The molecule has 2 aromatic carbocycles. The molecule has 3 rings (SSSR count). The highest BCUT2D eigenvalue weighted by molar-refractivity contribution is 7.98. The standard InChI is InChI=1S/C21H19N5O3S/c1-14-10-15(2)24-21(23-14)30-13-16-6-8-18(9-7-16)20(27)25-22-12-17-4-3-5-19(11-17)26(28)29/h3-12H,13H2,1-2H3,(H,25,27)/b22-12+. The van der Waals surface area contributed by atoms with Gasteiger partial charge in [-0.3, -0.25) is 14.9 Å². The summed E-state index contributed by atoms with van der Waals surface area (Å²) in [7, 11) is 0. The molecule has 0 aliphatic carbocycles. The number of nitro benzene ring substituents is 1. The van der Waals surface area contributed by atoms with E-state index in [4.69, 9.17) is 0 Å². The average molecular weight is 421 g/mol. The molecular weight excluding hydrogens is 402 g/mol. The number of amides is 1. The van der Waals surface area contributed by atoms with Gasteiger partial charge >= 0.3 is 0 Å². The topological polar surface area (TPSA) is 110 Å². The van der Waals surface area contributed by atoms with Crippen molar-refractivity contribution in [3.8, 4) is 0 Å². The van der Waals surface area contributed by atoms with Gasteiger partial charge in [0.1, 0.15) is 0 Å². The molecule has 30 heavy (non-hydrogen) atoms. The van der Waals surface area contributed by atoms with E-state index in [1.54, 1.807) is 24.3 Å². The second kappa shape index (κ2) is 9.75. The molecule has 0 aliphatic heterocycles. The van der Waals surface area contributed by atoms with Crippen LogP contribution in [-0.2, 0) is 5.75 Å². The lowest BCUT2D eigenvalue weighted by Gasteiger charge is -2.05. The van der Waals surface area contributed by atoms with Gasteiger partial charge in [0.05, 0.1) is 11.1 Å². The first-order chi connectivity index (χ1) is 14.4. The third kappa shape index (κ3) is 5.95. The van der Waals surface area contributed by atoms with Crippen molar-refractivity contribution < 1.29 is 9.72 Å². The van der Waals surface area contributed by atoms with Gasteiger partial charge in [-0.1, -0.05) is 36.0 Å². The molecule has 1 amide bonds. The Morgan fingerprint density at radius 1 is 1.13 bits per heavy atom. The molecular formula is C21H19N5O3S. The zero-order valence-electron chi connectivity index (χ0n) is 16.4. The molecule has 0 bridgehead atoms. The van der Waals surface area contributed by atoms with E-state index in [1.807, 2.05) is 32.0 Å². The van der Waals surface area contributed by atoms with E-state index in [-0.39, 0.29) is 11.6 Å². The second-order valence-corrected chi connectivity index (χ2v) is 7.41. The van der Waals surface area contributed by atoms with Crippen LogP contribution < -0.4 is 5.43 Å². The molecule has 152 valence electrons. The summed E-state index contributed by atoms with van der Waals surface area (Å²) < 4.78 is 0. The summed E-state index contributed by atoms with van der Waals surface area (Å²) in [6.07, 6.45) is 1.36. The Hall–Kier alpha value is -3.59. The van der Waals surface area contributed by atoms with Crippen molar-refractivity contribution in [2.24, 2.45) is 5.10 Å². The van der Waals surface area contributed by atoms with Crippen LogP contribution in [0.2, 0.25) is 0 Å². The predicted octanol–water partition coefficient (Wildman–Crippen LogP) is 4.06. The van der Waals surface area contributed by atoms with Crippen molar-refractivity contribution in [3.05, 3.63) is 92.8 Å². The first-order valence-electron chi connectivity index (χ1n) is 9.02. The number of nitrogens with one attached hydrogen (secondary N) is 1. The molecule has 0 saturated carbocycles. The summed E-state index contributed by atoms with van der Waals surface area (Å²) in [4.78, 5) is 31.3. The van der Waals surface area contributed by atoms with E-state index in [1.165, 1.54) is 30.1 Å². The van der Waals surface area contributed by atoms with Gasteiger partial charge < -0.3 is 0 Å². The van der Waals surface area contributed by atoms with E-state index in [2.05, 4.69) is 20.5 Å². The fraction of sp³-hybridized carbons (Fsp3) is 0.143. The Morgan fingerprint density at radius 3 is 2.50 bits per heavy atom. The highest BCUT2D eigenvalue weighted by atomic mass is 32.2. The summed E-state index contributed by atoms with van der Waals surface area (Å²) in [5.41, 5.74) is 6.27. The summed E-state index contributed by atoms with van der Waals surface area (Å²) in [6, 6.07) is 15.1. The largest absolute Gasteiger partial charge is 0.271 e. The van der Waals surface area contributed by atoms with Crippen LogP contribution in [0.3, 0.4) is 0 Å². The predicted molar refractivity (Wildman–Crippen MR) is 116 cm³/mol. The normalized spacial score (nSPS) is 10.9. The van der Waals surface area contributed by atoms with Gasteiger partial charge in [0.25, 0.3) is 11.6 Å². The quantitative estimate of drug-likeness (QED) is 0.202. The smallest absolute Gasteiger partial charge is 0.267 e. The van der Waals surface area contributed by atoms with Crippen molar-refractivity contribution >= 4 is 29.6 Å². The summed E-state index contributed by atoms with van der Waals surface area (Å²) >= 11 is 1.54. The Bertz CT molecular complexity index is 1080. The minimum Gasteiger partial charge on any atom is -0.267 e. The first kappa shape index (κ1) is 21.1. The van der Waals surface area contributed by atoms with E-state index in [9.17, 15) is 14.9 Å². The highest BCUT2D eigenvalue weighted by Gasteiger charge is 2.07. The maximum Gasteiger partial charge on any atom is 0.271 e. The second-order valence-electron chi connectivity index (χ2n) is 6.47. The number of hydrogen-bond acceptors (Lipinski definition) is 7. The molecule has 0 atom stereocenters. The van der Waals surface area contributed by atoms with E-state index in [0.29, 0.717) is 16.9 Å². The summed E-state index contributed by atoms with van der Waals surface area (Å²) in [6.45, 7) is 3.88. The SMILES string of the molecule is Cc1cc(C)nc(SCc2ccc(C(=O)N/N=C/c3cccc([N+](=O)[O-])c3)cc2)n1. The number of carbonyl (C=O) groups excluding carboxylic acids is 1. The van der Waals surface area contributed by atoms with Gasteiger partial charge in [0, 0.05) is 40.4 Å². The van der Waals surface area contributed by atoms with Crippen LogP contribution >= 0.6 is 11.8 Å². The molecule has 3 aromatic rings. The number of hydrogen-bond donors (Lipinski definition) is 1. The van der Waals surface area contributed by atoms with Crippen molar-refractivity contribution in [2.75, 3.05) is 0 Å². The van der Waals surface area contributed by atoms with Gasteiger partial charge in [-0.05, 0) is 37.6 Å². The molecule has 9 heteroatoms. The van der Waals surface area contributed by atoms with Crippen molar-refractivity contribution in [1.29, 1.82) is 0 Å². The molecule has 0 unspecified atom stereocenters. The van der Waals surface area contributed by atoms with Gasteiger partial charge in [0.15, 0.2) is 5.16 Å². The fourth-order valence-corrected chi connectivity index (χ4v) is 3.51. The fourth-order valence-electron chi connectivity index (χ4n) is 2.61. The third-order valence-electron chi connectivity index (χ3n) is 4.01. The van der Waals surface area contributed by atoms with Crippen LogP contribution in [0.15, 0.2) is 64.9 Å². The van der Waals surface area contributed by atoms with Gasteiger partial charge in [-0.15, -0.1) is 0 Å². The number of hydrazone groups is 1. The third-order valence-corrected chi connectivity index (χ3v) is 4.93. The number of benzene rings is 2. The molecule has 0 fully saturated rings. The van der Waals surface area contributed by atoms with Crippen molar-refractivity contribution in [2.45, 2.75) is 24.8 Å². The molecule has 8 nitrogen and oxygen atoms in total. The minimum absolute atomic E-state index is 0.0371. The molecule has 1 N–H and O–H groups in total. The Balaban J connectivity index is 1.55. The van der Waals surface area contributed by atoms with Gasteiger partial charge in [-0.25, -0.2) is 15.4 Å². The lowest BCUT2D eigenvalue weighted by molar-refractivity contribution is -0.384. The zero-order valence-corrected chi connectivity index (χ0v) is 17.2. The van der Waals surface area contributed by atoms with Crippen LogP contribution in [0.25, 0.3) is 0 Å². The maximum atomic E-state index is 12.2. The van der Waals surface area contributed by atoms with Gasteiger partial charge in [-0.2, -0.15) is 5.10 Å². The van der Waals surface area contributed by atoms with Gasteiger partial charge in [0.2, 0.25) is 0 Å². The lowest BCUT2D eigenvalue weighted by atomic mass is 10.1. The van der Waals surface area contributed by atoms with Crippen LogP contribution in [0, 0.1) is 24.0 Å². The Labute approximate surface area is 177 Å². The molecule has 0 saturated heterocycles. The Kier molecular flexibility index (Phi) is 6.87. The number of nitro groups is 1. The number of thioether (sulfide) groups is 1. The molecule has 1 aromatic heterocycles. The van der Waals surface area contributed by atoms with E-state index < -0.39 is 4.92 Å². The van der Waals surface area contributed by atoms with E-state index in [0.717, 1.165) is 22.1 Å². The number of aromatic nitrogens is 2. The number of carbonyl (C=O) groups is 1. The van der Waals surface area contributed by atoms with Crippen LogP contribution in [0.4, 0.5) is 5.69 Å². The molecule has 1 heterocycles. The zero-order chi connectivity index (χ0) is 21.5. The Morgan fingerprint density at radius 2 is 1.83 bits per heavy atom. The van der Waals surface area contributed by atoms with Crippen molar-refractivity contribution in [3.63, 3.8) is 0 Å². The lowest BCUT2D eigenvalue weighted by Crippen LogP contribution is -2.17. The van der Waals surface area contributed by atoms with Crippen LogP contribution in [-0.4, -0.2) is 27.0 Å². The van der Waals surface area contributed by atoms with E-state index >= 15 is 0 Å². The first-order valence-corrected chi connectivity index (χ1v) is 10.0. The number of rotatable bonds is 7. The maximum absolute atomic E-state index is 12.2. The average Bonchev–Trinajstić information content (AvgIpc) is 2.72. The highest BCUT2D eigenvalue weighted by Crippen LogP contribution is 2.20. The number of aryl methyl sites for hydroxylation is 2. The summed E-state index contributed by atoms with van der Waals surface area (Å²) in [5, 5.41) is 15.4. The molecule has 0 spiro atoms. The number of non-ortho nitro benzene ring substituents is 1. The summed E-state index contributed by atoms with van der Waals surface area (Å²) in [5.74, 6) is 0.323. The minimum atomic E-state index is -0.484. The van der Waals surface area contributed by atoms with Crippen LogP contribution in [0.5, 0.6) is 0 Å². The monoisotopic (exact) mass is 421 g/mol. The van der Waals surface area contributed by atoms with Crippen molar-refractivity contribution in [1.82, 2.24) is 15.4 Å². The van der Waals surface area contributed by atoms with Crippen LogP contribution in [0.1, 0.15) is 32.9 Å².